The van der Waals surface area contributed by atoms with E-state index in [9.17, 15) is 4.79 Å². The molecule has 1 saturated carbocycles. The molecule has 27 heavy (non-hydrogen) atoms. The summed E-state index contributed by atoms with van der Waals surface area (Å²) < 4.78 is 1.80. The first-order valence-electron chi connectivity index (χ1n) is 10.3. The molecule has 1 aromatic heterocycles. The number of carbonyl (C=O) groups is 1. The molecule has 0 bridgehead atoms. The fourth-order valence-corrected chi connectivity index (χ4v) is 4.68. The minimum Gasteiger partial charge on any atom is -0.344 e. The molecule has 5 heteroatoms. The highest BCUT2D eigenvalue weighted by Crippen LogP contribution is 2.31. The number of hydrogen-bond donors (Lipinski definition) is 1. The summed E-state index contributed by atoms with van der Waals surface area (Å²) in [6.07, 6.45) is 8.40. The Bertz CT molecular complexity index is 771. The molecule has 1 amide bonds. The molecule has 4 rings (SSSR count). The second-order valence-electron chi connectivity index (χ2n) is 8.18. The predicted molar refractivity (Wildman–Crippen MR) is 108 cm³/mol. The van der Waals surface area contributed by atoms with E-state index in [1.165, 1.54) is 45.2 Å². The Balaban J connectivity index is 1.52. The molecule has 1 aromatic carbocycles. The molecular weight excluding hydrogens is 336 g/mol. The number of nitrogens with zero attached hydrogens (tertiary/aromatic N) is 3. The molecule has 5 nitrogen and oxygen atoms in total. The van der Waals surface area contributed by atoms with Gasteiger partial charge in [-0.05, 0) is 50.4 Å². The van der Waals surface area contributed by atoms with Crippen molar-refractivity contribution in [2.75, 3.05) is 19.6 Å². The number of likely N-dealkylation sites (tertiary alicyclic amines) is 1. The quantitative estimate of drug-likeness (QED) is 0.879. The first-order chi connectivity index (χ1) is 13.2. The standard InChI is InChI=1S/C22H30N4O/c1-25-20(18-10-4-2-5-11-18)16-19(24-25)21(27)23-22(12-6-3-7-13-22)17-26-14-8-9-15-26/h2,4-5,10-11,16H,3,6-9,12-15,17H2,1H3,(H,23,27). The molecule has 2 heterocycles. The van der Waals surface area contributed by atoms with Gasteiger partial charge in [0.15, 0.2) is 5.69 Å². The van der Waals surface area contributed by atoms with Gasteiger partial charge in [0.2, 0.25) is 0 Å². The van der Waals surface area contributed by atoms with Crippen LogP contribution in [0.3, 0.4) is 0 Å². The first-order valence-corrected chi connectivity index (χ1v) is 10.3. The van der Waals surface area contributed by atoms with Gasteiger partial charge < -0.3 is 10.2 Å². The van der Waals surface area contributed by atoms with E-state index in [-0.39, 0.29) is 11.4 Å². The van der Waals surface area contributed by atoms with Gasteiger partial charge >= 0.3 is 0 Å². The van der Waals surface area contributed by atoms with Gasteiger partial charge in [0, 0.05) is 13.6 Å². The minimum absolute atomic E-state index is 0.0334. The second kappa shape index (κ2) is 7.85. The van der Waals surface area contributed by atoms with E-state index < -0.39 is 0 Å². The number of benzene rings is 1. The van der Waals surface area contributed by atoms with E-state index in [1.54, 1.807) is 4.68 Å². The Morgan fingerprint density at radius 3 is 2.48 bits per heavy atom. The summed E-state index contributed by atoms with van der Waals surface area (Å²) in [5, 5.41) is 7.92. The van der Waals surface area contributed by atoms with Crippen molar-refractivity contribution < 1.29 is 4.79 Å². The van der Waals surface area contributed by atoms with E-state index in [4.69, 9.17) is 0 Å². The van der Waals surface area contributed by atoms with Crippen LogP contribution in [0, 0.1) is 0 Å². The number of aromatic nitrogens is 2. The number of carbonyl (C=O) groups excluding carboxylic acids is 1. The van der Waals surface area contributed by atoms with Crippen LogP contribution in [-0.4, -0.2) is 45.8 Å². The largest absolute Gasteiger partial charge is 0.344 e. The molecule has 1 aliphatic heterocycles. The highest BCUT2D eigenvalue weighted by Gasteiger charge is 2.36. The maximum atomic E-state index is 13.1. The molecule has 1 aliphatic carbocycles. The minimum atomic E-state index is -0.0931. The third kappa shape index (κ3) is 4.08. The zero-order chi connectivity index (χ0) is 18.7. The summed E-state index contributed by atoms with van der Waals surface area (Å²) in [5.41, 5.74) is 2.47. The molecule has 2 fully saturated rings. The van der Waals surface area contributed by atoms with Gasteiger partial charge in [0.25, 0.3) is 5.91 Å². The first kappa shape index (κ1) is 18.2. The summed E-state index contributed by atoms with van der Waals surface area (Å²) in [6.45, 7) is 3.32. The summed E-state index contributed by atoms with van der Waals surface area (Å²) >= 11 is 0. The van der Waals surface area contributed by atoms with E-state index in [0.29, 0.717) is 5.69 Å². The van der Waals surface area contributed by atoms with Crippen LogP contribution in [0.1, 0.15) is 55.4 Å². The van der Waals surface area contributed by atoms with Crippen molar-refractivity contribution in [1.29, 1.82) is 0 Å². The molecule has 2 aliphatic rings. The number of rotatable bonds is 5. The molecule has 0 radical (unpaired) electrons. The summed E-state index contributed by atoms with van der Waals surface area (Å²) in [4.78, 5) is 15.6. The van der Waals surface area contributed by atoms with Crippen molar-refractivity contribution >= 4 is 5.91 Å². The lowest BCUT2D eigenvalue weighted by molar-refractivity contribution is 0.0816. The maximum absolute atomic E-state index is 13.1. The van der Waals surface area contributed by atoms with Crippen LogP contribution in [0.25, 0.3) is 11.3 Å². The number of amides is 1. The van der Waals surface area contributed by atoms with Gasteiger partial charge in [0.1, 0.15) is 0 Å². The van der Waals surface area contributed by atoms with E-state index in [0.717, 1.165) is 30.6 Å². The molecule has 1 saturated heterocycles. The lowest BCUT2D eigenvalue weighted by atomic mass is 9.81. The van der Waals surface area contributed by atoms with Gasteiger partial charge in [-0.15, -0.1) is 0 Å². The number of nitrogens with one attached hydrogen (secondary N) is 1. The van der Waals surface area contributed by atoms with Crippen molar-refractivity contribution in [2.24, 2.45) is 7.05 Å². The average Bonchev–Trinajstić information content (AvgIpc) is 3.32. The van der Waals surface area contributed by atoms with Crippen molar-refractivity contribution in [2.45, 2.75) is 50.5 Å². The van der Waals surface area contributed by atoms with Crippen molar-refractivity contribution in [3.63, 3.8) is 0 Å². The Labute approximate surface area is 161 Å². The zero-order valence-electron chi connectivity index (χ0n) is 16.3. The number of hydrogen-bond acceptors (Lipinski definition) is 3. The van der Waals surface area contributed by atoms with Crippen LogP contribution < -0.4 is 5.32 Å². The third-order valence-electron chi connectivity index (χ3n) is 6.10. The lowest BCUT2D eigenvalue weighted by Crippen LogP contribution is -2.56. The topological polar surface area (TPSA) is 50.2 Å². The summed E-state index contributed by atoms with van der Waals surface area (Å²) in [5.74, 6) is -0.0334. The Morgan fingerprint density at radius 2 is 1.78 bits per heavy atom. The second-order valence-corrected chi connectivity index (χ2v) is 8.18. The molecule has 0 atom stereocenters. The van der Waals surface area contributed by atoms with Crippen LogP contribution in [-0.2, 0) is 7.05 Å². The smallest absolute Gasteiger partial charge is 0.272 e. The lowest BCUT2D eigenvalue weighted by Gasteiger charge is -2.40. The summed E-state index contributed by atoms with van der Waals surface area (Å²) in [6, 6.07) is 12.0. The molecule has 1 N–H and O–H groups in total. The third-order valence-corrected chi connectivity index (χ3v) is 6.10. The van der Waals surface area contributed by atoms with Gasteiger partial charge in [-0.2, -0.15) is 5.10 Å². The highest BCUT2D eigenvalue weighted by atomic mass is 16.2. The zero-order valence-corrected chi connectivity index (χ0v) is 16.3. The van der Waals surface area contributed by atoms with Gasteiger partial charge in [-0.3, -0.25) is 9.48 Å². The number of aryl methyl sites for hydroxylation is 1. The Kier molecular flexibility index (Phi) is 5.30. The van der Waals surface area contributed by atoms with Gasteiger partial charge in [-0.1, -0.05) is 49.6 Å². The van der Waals surface area contributed by atoms with Crippen LogP contribution >= 0.6 is 0 Å². The van der Waals surface area contributed by atoms with Crippen molar-refractivity contribution in [3.8, 4) is 11.3 Å². The predicted octanol–water partition coefficient (Wildman–Crippen LogP) is 3.62. The van der Waals surface area contributed by atoms with Crippen LogP contribution in [0.2, 0.25) is 0 Å². The van der Waals surface area contributed by atoms with Gasteiger partial charge in [-0.25, -0.2) is 0 Å². The summed E-state index contributed by atoms with van der Waals surface area (Å²) in [7, 11) is 1.90. The molecule has 0 unspecified atom stereocenters. The normalized spacial score (nSPS) is 19.9. The van der Waals surface area contributed by atoms with Crippen molar-refractivity contribution in [1.82, 2.24) is 20.0 Å². The van der Waals surface area contributed by atoms with E-state index >= 15 is 0 Å². The molecule has 0 spiro atoms. The Hall–Kier alpha value is -2.14. The van der Waals surface area contributed by atoms with Crippen LogP contribution in [0.5, 0.6) is 0 Å². The van der Waals surface area contributed by atoms with E-state index in [2.05, 4.69) is 27.4 Å². The van der Waals surface area contributed by atoms with Crippen molar-refractivity contribution in [3.05, 3.63) is 42.1 Å². The Morgan fingerprint density at radius 1 is 1.07 bits per heavy atom. The SMILES string of the molecule is Cn1nc(C(=O)NC2(CN3CCCC3)CCCCC2)cc1-c1ccccc1. The molecule has 2 aromatic rings. The monoisotopic (exact) mass is 366 g/mol. The average molecular weight is 367 g/mol. The highest BCUT2D eigenvalue weighted by molar-refractivity contribution is 5.94. The fourth-order valence-electron chi connectivity index (χ4n) is 4.68. The maximum Gasteiger partial charge on any atom is 0.272 e. The van der Waals surface area contributed by atoms with Crippen LogP contribution in [0.4, 0.5) is 0 Å². The molecular formula is C22H30N4O. The van der Waals surface area contributed by atoms with E-state index in [1.807, 2.05) is 31.3 Å². The fraction of sp³-hybridized carbons (Fsp3) is 0.545. The van der Waals surface area contributed by atoms with Gasteiger partial charge in [0.05, 0.1) is 11.2 Å². The van der Waals surface area contributed by atoms with Crippen LogP contribution in [0.15, 0.2) is 36.4 Å². The molecule has 144 valence electrons.